The Kier molecular flexibility index (Phi) is 5.42. The van der Waals surface area contributed by atoms with Crippen molar-refractivity contribution in [1.29, 1.82) is 0 Å². The second kappa shape index (κ2) is 9.54. The van der Waals surface area contributed by atoms with E-state index in [4.69, 9.17) is 4.98 Å². The number of anilines is 3. The van der Waals surface area contributed by atoms with Crippen molar-refractivity contribution in [1.82, 2.24) is 14.0 Å². The number of fused-ring (bicyclic) bond motifs is 5. The minimum atomic E-state index is 0.900. The number of imidazole rings is 2. The van der Waals surface area contributed by atoms with Gasteiger partial charge in [0.1, 0.15) is 0 Å². The van der Waals surface area contributed by atoms with Crippen molar-refractivity contribution < 1.29 is 0 Å². The summed E-state index contributed by atoms with van der Waals surface area (Å²) in [5.41, 5.74) is 11.1. The zero-order valence-electron chi connectivity index (χ0n) is 22.3. The molecule has 0 unspecified atom stereocenters. The molecule has 0 N–H and O–H groups in total. The van der Waals surface area contributed by atoms with Crippen molar-refractivity contribution in [2.75, 3.05) is 4.90 Å². The Hall–Kier alpha value is -5.61. The Morgan fingerprint density at radius 3 is 1.71 bits per heavy atom. The van der Waals surface area contributed by atoms with Crippen molar-refractivity contribution in [3.63, 3.8) is 0 Å². The molecule has 41 heavy (non-hydrogen) atoms. The van der Waals surface area contributed by atoms with E-state index < -0.39 is 0 Å². The zero-order valence-corrected chi connectivity index (χ0v) is 22.3. The summed E-state index contributed by atoms with van der Waals surface area (Å²) in [6.45, 7) is 0. The number of hydrogen-bond acceptors (Lipinski definition) is 2. The molecular formula is C37H26N4. The van der Waals surface area contributed by atoms with E-state index in [-0.39, 0.29) is 0 Å². The third-order valence-electron chi connectivity index (χ3n) is 7.70. The van der Waals surface area contributed by atoms with Crippen molar-refractivity contribution >= 4 is 44.9 Å². The molecule has 0 saturated heterocycles. The molecule has 0 radical (unpaired) electrons. The van der Waals surface area contributed by atoms with E-state index in [0.29, 0.717) is 0 Å². The molecule has 2 aromatic heterocycles. The molecule has 4 heteroatoms. The molecular weight excluding hydrogens is 500 g/mol. The van der Waals surface area contributed by atoms with Gasteiger partial charge in [0.05, 0.1) is 22.1 Å². The van der Waals surface area contributed by atoms with Gasteiger partial charge >= 0.3 is 0 Å². The van der Waals surface area contributed by atoms with Crippen LogP contribution in [0.25, 0.3) is 44.7 Å². The number of aromatic nitrogens is 3. The van der Waals surface area contributed by atoms with Crippen LogP contribution < -0.4 is 4.90 Å². The summed E-state index contributed by atoms with van der Waals surface area (Å²) in [6, 6.07) is 55.4. The Balaban J connectivity index is 1.37. The van der Waals surface area contributed by atoms with Gasteiger partial charge in [0.25, 0.3) is 0 Å². The molecule has 194 valence electrons. The van der Waals surface area contributed by atoms with E-state index in [9.17, 15) is 0 Å². The fourth-order valence-electron chi connectivity index (χ4n) is 5.82. The van der Waals surface area contributed by atoms with E-state index >= 15 is 0 Å². The highest BCUT2D eigenvalue weighted by Gasteiger charge is 2.20. The van der Waals surface area contributed by atoms with Crippen LogP contribution in [0, 0.1) is 0 Å². The van der Waals surface area contributed by atoms with Gasteiger partial charge in [-0.3, -0.25) is 8.97 Å². The van der Waals surface area contributed by atoms with Crippen LogP contribution in [0.15, 0.2) is 158 Å². The van der Waals surface area contributed by atoms with E-state index in [1.54, 1.807) is 0 Å². The molecule has 0 amide bonds. The summed E-state index contributed by atoms with van der Waals surface area (Å²) >= 11 is 0. The molecule has 0 bridgehead atoms. The number of para-hydroxylation sites is 4. The smallest absolute Gasteiger partial charge is 0.220 e. The first-order chi connectivity index (χ1) is 20.3. The number of rotatable bonds is 5. The third kappa shape index (κ3) is 3.88. The molecule has 2 heterocycles. The molecule has 0 fully saturated rings. The maximum atomic E-state index is 5.11. The highest BCUT2D eigenvalue weighted by molar-refractivity contribution is 5.95. The van der Waals surface area contributed by atoms with Crippen molar-refractivity contribution in [3.8, 4) is 16.8 Å². The molecule has 0 atom stereocenters. The van der Waals surface area contributed by atoms with Gasteiger partial charge in [0.2, 0.25) is 5.78 Å². The summed E-state index contributed by atoms with van der Waals surface area (Å²) in [6.07, 6.45) is 0. The second-order valence-electron chi connectivity index (χ2n) is 10.2. The van der Waals surface area contributed by atoms with Gasteiger partial charge in [-0.05, 0) is 77.9 Å². The van der Waals surface area contributed by atoms with Gasteiger partial charge in [-0.1, -0.05) is 91.0 Å². The predicted molar refractivity (Wildman–Crippen MR) is 170 cm³/mol. The summed E-state index contributed by atoms with van der Waals surface area (Å²) in [4.78, 5) is 7.41. The van der Waals surface area contributed by atoms with E-state index in [1.807, 2.05) is 6.07 Å². The molecule has 0 aliphatic heterocycles. The van der Waals surface area contributed by atoms with Crippen LogP contribution in [-0.4, -0.2) is 14.0 Å². The molecule has 8 rings (SSSR count). The van der Waals surface area contributed by atoms with Crippen molar-refractivity contribution in [2.24, 2.45) is 0 Å². The minimum Gasteiger partial charge on any atom is -0.310 e. The first kappa shape index (κ1) is 23.3. The maximum absolute atomic E-state index is 5.11. The molecule has 6 aromatic carbocycles. The molecule has 0 spiro atoms. The maximum Gasteiger partial charge on any atom is 0.220 e. The second-order valence-corrected chi connectivity index (χ2v) is 10.2. The average molecular weight is 527 g/mol. The Bertz CT molecular complexity index is 2090. The average Bonchev–Trinajstić information content (AvgIpc) is 3.57. The van der Waals surface area contributed by atoms with E-state index in [1.165, 1.54) is 11.1 Å². The molecule has 4 nitrogen and oxygen atoms in total. The highest BCUT2D eigenvalue weighted by atomic mass is 15.2. The van der Waals surface area contributed by atoms with E-state index in [0.717, 1.165) is 50.6 Å². The summed E-state index contributed by atoms with van der Waals surface area (Å²) < 4.78 is 4.55. The zero-order chi connectivity index (χ0) is 27.2. The fraction of sp³-hybridized carbons (Fsp3) is 0. The number of benzene rings is 6. The first-order valence-corrected chi connectivity index (χ1v) is 13.8. The Labute approximate surface area is 238 Å². The lowest BCUT2D eigenvalue weighted by atomic mass is 10.1. The van der Waals surface area contributed by atoms with Crippen molar-refractivity contribution in [3.05, 3.63) is 158 Å². The van der Waals surface area contributed by atoms with Crippen LogP contribution in [0.4, 0.5) is 17.1 Å². The molecule has 0 aliphatic rings. The van der Waals surface area contributed by atoms with Gasteiger partial charge in [0, 0.05) is 22.7 Å². The lowest BCUT2D eigenvalue weighted by Crippen LogP contribution is -2.09. The minimum absolute atomic E-state index is 0.900. The van der Waals surface area contributed by atoms with Gasteiger partial charge in [-0.25, -0.2) is 4.98 Å². The molecule has 8 aromatic rings. The lowest BCUT2D eigenvalue weighted by Gasteiger charge is -2.25. The van der Waals surface area contributed by atoms with Crippen LogP contribution in [0.2, 0.25) is 0 Å². The first-order valence-electron chi connectivity index (χ1n) is 13.8. The lowest BCUT2D eigenvalue weighted by molar-refractivity contribution is 1.11. The molecule has 0 saturated carbocycles. The molecule has 0 aliphatic carbocycles. The van der Waals surface area contributed by atoms with Crippen LogP contribution in [0.3, 0.4) is 0 Å². The van der Waals surface area contributed by atoms with Gasteiger partial charge in [0.15, 0.2) is 0 Å². The number of hydrogen-bond donors (Lipinski definition) is 0. The monoisotopic (exact) mass is 526 g/mol. The standard InChI is InChI=1S/C37H26N4/c1-4-12-27(13-5-1)28-20-22-31(23-21-28)40-35-25-24-32(26-36(35)41-34-19-11-10-18-33(34)38-37(40)41)39(29-14-6-2-7-15-29)30-16-8-3-9-17-30/h1-26H. The van der Waals surface area contributed by atoms with Crippen LogP contribution in [0.5, 0.6) is 0 Å². The summed E-state index contributed by atoms with van der Waals surface area (Å²) in [7, 11) is 0. The summed E-state index contributed by atoms with van der Waals surface area (Å²) in [5.74, 6) is 0.900. The normalized spacial score (nSPS) is 11.4. The highest BCUT2D eigenvalue weighted by Crippen LogP contribution is 2.38. The Morgan fingerprint density at radius 1 is 0.439 bits per heavy atom. The van der Waals surface area contributed by atoms with Crippen LogP contribution in [-0.2, 0) is 0 Å². The summed E-state index contributed by atoms with van der Waals surface area (Å²) in [5, 5.41) is 0. The number of nitrogens with zero attached hydrogens (tertiary/aromatic N) is 4. The van der Waals surface area contributed by atoms with Gasteiger partial charge < -0.3 is 4.90 Å². The topological polar surface area (TPSA) is 25.5 Å². The van der Waals surface area contributed by atoms with Crippen molar-refractivity contribution in [2.45, 2.75) is 0 Å². The van der Waals surface area contributed by atoms with E-state index in [2.05, 4.69) is 166 Å². The van der Waals surface area contributed by atoms with Crippen LogP contribution in [0.1, 0.15) is 0 Å². The quantitative estimate of drug-likeness (QED) is 0.223. The fourth-order valence-corrected chi connectivity index (χ4v) is 5.82. The SMILES string of the molecule is c1ccc(-c2ccc(-n3c4ccc(N(c5ccccc5)c5ccccc5)cc4n4c5ccccc5nc34)cc2)cc1. The third-order valence-corrected chi connectivity index (χ3v) is 7.70. The Morgan fingerprint density at radius 2 is 1.02 bits per heavy atom. The predicted octanol–water partition coefficient (Wildman–Crippen LogP) is 9.57. The van der Waals surface area contributed by atoms with Gasteiger partial charge in [-0.2, -0.15) is 0 Å². The largest absolute Gasteiger partial charge is 0.310 e. The van der Waals surface area contributed by atoms with Gasteiger partial charge in [-0.15, -0.1) is 0 Å². The van der Waals surface area contributed by atoms with Crippen LogP contribution >= 0.6 is 0 Å².